The van der Waals surface area contributed by atoms with Crippen LogP contribution in [0, 0.1) is 0 Å². The van der Waals surface area contributed by atoms with Crippen molar-refractivity contribution in [1.29, 1.82) is 0 Å². The molecule has 0 unspecified atom stereocenters. The Balaban J connectivity index is 2.03. The second-order valence-electron chi connectivity index (χ2n) is 3.72. The molecule has 0 aliphatic heterocycles. The molecule has 0 aliphatic carbocycles. The minimum absolute atomic E-state index is 0.683. The van der Waals surface area contributed by atoms with Gasteiger partial charge in [0, 0.05) is 25.4 Å². The minimum Gasteiger partial charge on any atom is -0.383 e. The van der Waals surface area contributed by atoms with E-state index in [2.05, 4.69) is 28.5 Å². The van der Waals surface area contributed by atoms with Gasteiger partial charge in [0.2, 0.25) is 0 Å². The Bertz CT molecular complexity index is 440. The summed E-state index contributed by atoms with van der Waals surface area (Å²) in [7, 11) is 1.69. The maximum atomic E-state index is 4.97. The highest BCUT2D eigenvalue weighted by Gasteiger charge is 1.97. The summed E-state index contributed by atoms with van der Waals surface area (Å²) in [6, 6.07) is 14.3. The number of methoxy groups -OCH3 is 1. The van der Waals surface area contributed by atoms with Crippen molar-refractivity contribution in [3.63, 3.8) is 0 Å². The van der Waals surface area contributed by atoms with Gasteiger partial charge >= 0.3 is 0 Å². The van der Waals surface area contributed by atoms with E-state index < -0.39 is 0 Å². The molecule has 0 saturated heterocycles. The molecule has 3 nitrogen and oxygen atoms in total. The van der Waals surface area contributed by atoms with E-state index in [0.717, 1.165) is 17.9 Å². The highest BCUT2D eigenvalue weighted by atomic mass is 16.5. The number of rotatable bonds is 5. The quantitative estimate of drug-likeness (QED) is 0.799. The van der Waals surface area contributed by atoms with Gasteiger partial charge in [-0.15, -0.1) is 0 Å². The number of pyridine rings is 1. The molecule has 1 aromatic heterocycles. The number of aromatic nitrogens is 1. The van der Waals surface area contributed by atoms with Gasteiger partial charge in [-0.3, -0.25) is 0 Å². The van der Waals surface area contributed by atoms with Gasteiger partial charge in [-0.05, 0) is 17.7 Å². The third-order valence-electron chi connectivity index (χ3n) is 2.48. The second-order valence-corrected chi connectivity index (χ2v) is 3.72. The van der Waals surface area contributed by atoms with Crippen molar-refractivity contribution in [2.45, 2.75) is 0 Å². The lowest BCUT2D eigenvalue weighted by atomic mass is 10.1. The van der Waals surface area contributed by atoms with Crippen LogP contribution in [-0.2, 0) is 4.74 Å². The van der Waals surface area contributed by atoms with Crippen LogP contribution in [0.4, 0.5) is 5.82 Å². The zero-order valence-corrected chi connectivity index (χ0v) is 9.89. The van der Waals surface area contributed by atoms with Crippen LogP contribution < -0.4 is 5.32 Å². The SMILES string of the molecule is COCCNc1ccc(-c2ccccc2)cn1. The fourth-order valence-corrected chi connectivity index (χ4v) is 1.58. The molecular weight excluding hydrogens is 212 g/mol. The zero-order chi connectivity index (χ0) is 11.9. The van der Waals surface area contributed by atoms with Crippen molar-refractivity contribution in [3.05, 3.63) is 48.7 Å². The fourth-order valence-electron chi connectivity index (χ4n) is 1.58. The molecule has 17 heavy (non-hydrogen) atoms. The van der Waals surface area contributed by atoms with E-state index in [1.165, 1.54) is 5.56 Å². The van der Waals surface area contributed by atoms with E-state index in [1.54, 1.807) is 7.11 Å². The van der Waals surface area contributed by atoms with Crippen molar-refractivity contribution < 1.29 is 4.74 Å². The van der Waals surface area contributed by atoms with Gasteiger partial charge in [-0.1, -0.05) is 30.3 Å². The molecule has 3 heteroatoms. The highest BCUT2D eigenvalue weighted by molar-refractivity contribution is 5.63. The number of hydrogen-bond acceptors (Lipinski definition) is 3. The summed E-state index contributed by atoms with van der Waals surface area (Å²) >= 11 is 0. The fraction of sp³-hybridized carbons (Fsp3) is 0.214. The molecule has 2 aromatic rings. The smallest absolute Gasteiger partial charge is 0.125 e. The molecule has 0 bridgehead atoms. The van der Waals surface area contributed by atoms with Gasteiger partial charge in [0.05, 0.1) is 6.61 Å². The van der Waals surface area contributed by atoms with E-state index in [9.17, 15) is 0 Å². The van der Waals surface area contributed by atoms with Crippen LogP contribution in [0.3, 0.4) is 0 Å². The predicted molar refractivity (Wildman–Crippen MR) is 70.0 cm³/mol. The van der Waals surface area contributed by atoms with Crippen molar-refractivity contribution >= 4 is 5.82 Å². The van der Waals surface area contributed by atoms with E-state index in [-0.39, 0.29) is 0 Å². The lowest BCUT2D eigenvalue weighted by Gasteiger charge is -2.06. The van der Waals surface area contributed by atoms with Gasteiger partial charge < -0.3 is 10.1 Å². The highest BCUT2D eigenvalue weighted by Crippen LogP contribution is 2.18. The Morgan fingerprint density at radius 1 is 1.06 bits per heavy atom. The number of nitrogens with zero attached hydrogens (tertiary/aromatic N) is 1. The summed E-state index contributed by atoms with van der Waals surface area (Å²) in [5.74, 6) is 0.877. The molecule has 0 aliphatic rings. The van der Waals surface area contributed by atoms with Crippen LogP contribution in [0.2, 0.25) is 0 Å². The summed E-state index contributed by atoms with van der Waals surface area (Å²) in [6.07, 6.45) is 1.88. The first-order valence-electron chi connectivity index (χ1n) is 5.64. The van der Waals surface area contributed by atoms with Gasteiger partial charge in [-0.25, -0.2) is 4.98 Å². The largest absolute Gasteiger partial charge is 0.383 e. The lowest BCUT2D eigenvalue weighted by molar-refractivity contribution is 0.210. The van der Waals surface area contributed by atoms with Crippen molar-refractivity contribution in [2.75, 3.05) is 25.6 Å². The topological polar surface area (TPSA) is 34.1 Å². The Labute approximate surface area is 101 Å². The monoisotopic (exact) mass is 228 g/mol. The van der Waals surface area contributed by atoms with Crippen LogP contribution >= 0.6 is 0 Å². The van der Waals surface area contributed by atoms with Gasteiger partial charge in [0.25, 0.3) is 0 Å². The number of anilines is 1. The molecule has 0 saturated carbocycles. The first-order valence-corrected chi connectivity index (χ1v) is 5.64. The summed E-state index contributed by atoms with van der Waals surface area (Å²) in [4.78, 5) is 4.36. The van der Waals surface area contributed by atoms with Gasteiger partial charge in [0.15, 0.2) is 0 Å². The minimum atomic E-state index is 0.683. The normalized spacial score (nSPS) is 10.2. The second kappa shape index (κ2) is 6.01. The molecular formula is C14H16N2O. The Hall–Kier alpha value is -1.87. The molecule has 0 fully saturated rings. The Morgan fingerprint density at radius 2 is 1.88 bits per heavy atom. The van der Waals surface area contributed by atoms with Crippen LogP contribution in [0.25, 0.3) is 11.1 Å². The van der Waals surface area contributed by atoms with Gasteiger partial charge in [0.1, 0.15) is 5.82 Å². The van der Waals surface area contributed by atoms with Crippen LogP contribution in [-0.4, -0.2) is 25.2 Å². The molecule has 2 rings (SSSR count). The lowest BCUT2D eigenvalue weighted by Crippen LogP contribution is -2.08. The summed E-state index contributed by atoms with van der Waals surface area (Å²) in [5, 5.41) is 3.19. The Morgan fingerprint density at radius 3 is 2.53 bits per heavy atom. The van der Waals surface area contributed by atoms with Crippen molar-refractivity contribution in [1.82, 2.24) is 4.98 Å². The molecule has 88 valence electrons. The molecule has 1 aromatic carbocycles. The first kappa shape index (κ1) is 11.6. The third kappa shape index (κ3) is 3.29. The van der Waals surface area contributed by atoms with E-state index in [1.807, 2.05) is 30.5 Å². The molecule has 1 N–H and O–H groups in total. The zero-order valence-electron chi connectivity index (χ0n) is 9.89. The number of benzene rings is 1. The first-order chi connectivity index (χ1) is 8.40. The van der Waals surface area contributed by atoms with Crippen molar-refractivity contribution in [3.8, 4) is 11.1 Å². The van der Waals surface area contributed by atoms with E-state index in [0.29, 0.717) is 6.61 Å². The molecule has 0 spiro atoms. The average Bonchev–Trinajstić information content (AvgIpc) is 2.41. The number of hydrogen-bond donors (Lipinski definition) is 1. The standard InChI is InChI=1S/C14H16N2O/c1-17-10-9-15-14-8-7-13(11-16-14)12-5-3-2-4-6-12/h2-8,11H,9-10H2,1H3,(H,15,16). The maximum absolute atomic E-state index is 4.97. The average molecular weight is 228 g/mol. The Kier molecular flexibility index (Phi) is 4.11. The van der Waals surface area contributed by atoms with E-state index >= 15 is 0 Å². The summed E-state index contributed by atoms with van der Waals surface area (Å²) in [5.41, 5.74) is 2.31. The third-order valence-corrected chi connectivity index (χ3v) is 2.48. The molecule has 0 amide bonds. The molecule has 1 heterocycles. The number of ether oxygens (including phenoxy) is 1. The summed E-state index contributed by atoms with van der Waals surface area (Å²) < 4.78 is 4.97. The van der Waals surface area contributed by atoms with Crippen LogP contribution in [0.1, 0.15) is 0 Å². The summed E-state index contributed by atoms with van der Waals surface area (Å²) in [6.45, 7) is 1.45. The van der Waals surface area contributed by atoms with Crippen molar-refractivity contribution in [2.24, 2.45) is 0 Å². The maximum Gasteiger partial charge on any atom is 0.125 e. The molecule has 0 atom stereocenters. The predicted octanol–water partition coefficient (Wildman–Crippen LogP) is 2.81. The molecule has 0 radical (unpaired) electrons. The van der Waals surface area contributed by atoms with Crippen LogP contribution in [0.15, 0.2) is 48.7 Å². The van der Waals surface area contributed by atoms with Crippen LogP contribution in [0.5, 0.6) is 0 Å². The van der Waals surface area contributed by atoms with Gasteiger partial charge in [-0.2, -0.15) is 0 Å². The number of nitrogens with one attached hydrogen (secondary N) is 1. The van der Waals surface area contributed by atoms with E-state index in [4.69, 9.17) is 4.74 Å².